The fourth-order valence-electron chi connectivity index (χ4n) is 1.69. The highest BCUT2D eigenvalue weighted by molar-refractivity contribution is 8.11. The highest BCUT2D eigenvalue weighted by atomic mass is 32.2. The van der Waals surface area contributed by atoms with Gasteiger partial charge in [0.25, 0.3) is 0 Å². The quantitative estimate of drug-likeness (QED) is 0.484. The number of Topliss-reactive ketones (excluding diaryl/α,β-unsaturated/α-hetero) is 3. The van der Waals surface area contributed by atoms with E-state index in [1.54, 1.807) is 0 Å². The Balaban J connectivity index is 3.15. The molecule has 0 aromatic rings. The number of carboxylic acid groups (broad SMARTS) is 2. The first-order valence-corrected chi connectivity index (χ1v) is 5.73. The molecule has 3 unspecified atom stereocenters. The minimum Gasteiger partial charge on any atom is -0.480 e. The van der Waals surface area contributed by atoms with Crippen molar-refractivity contribution < 1.29 is 34.2 Å². The normalized spacial score (nSPS) is 27.1. The first-order chi connectivity index (χ1) is 8.16. The molecule has 1 aliphatic heterocycles. The molecule has 0 aliphatic carbocycles. The van der Waals surface area contributed by atoms with E-state index in [0.717, 1.165) is 13.8 Å². The average molecular weight is 274 g/mol. The lowest BCUT2D eigenvalue weighted by Crippen LogP contribution is -2.45. The molecular formula is C10H10O7S. The van der Waals surface area contributed by atoms with Crippen molar-refractivity contribution in [3.05, 3.63) is 0 Å². The van der Waals surface area contributed by atoms with Crippen LogP contribution in [-0.2, 0) is 24.0 Å². The van der Waals surface area contributed by atoms with Crippen LogP contribution in [0.1, 0.15) is 13.8 Å². The molecule has 0 bridgehead atoms. The van der Waals surface area contributed by atoms with Crippen molar-refractivity contribution in [2.45, 2.75) is 23.8 Å². The molecule has 0 radical (unpaired) electrons. The summed E-state index contributed by atoms with van der Waals surface area (Å²) in [5, 5.41) is 16.3. The first-order valence-electron chi connectivity index (χ1n) is 4.85. The molecule has 0 amide bonds. The van der Waals surface area contributed by atoms with Gasteiger partial charge in [-0.3, -0.25) is 24.0 Å². The maximum absolute atomic E-state index is 12.0. The van der Waals surface area contributed by atoms with E-state index < -0.39 is 45.2 Å². The smallest absolute Gasteiger partial charge is 0.321 e. The van der Waals surface area contributed by atoms with E-state index in [2.05, 4.69) is 0 Å². The fourth-order valence-corrected chi connectivity index (χ4v) is 2.88. The summed E-state index contributed by atoms with van der Waals surface area (Å²) in [4.78, 5) is 56.2. The lowest BCUT2D eigenvalue weighted by Gasteiger charge is -2.13. The van der Waals surface area contributed by atoms with Crippen LogP contribution in [0.5, 0.6) is 0 Å². The number of thioether (sulfide) groups is 1. The second-order valence-electron chi connectivity index (χ2n) is 3.87. The average Bonchev–Trinajstić information content (AvgIpc) is 2.91. The second kappa shape index (κ2) is 4.52. The van der Waals surface area contributed by atoms with Crippen LogP contribution in [0.4, 0.5) is 0 Å². The third-order valence-electron chi connectivity index (χ3n) is 2.64. The molecule has 0 aromatic carbocycles. The molecule has 0 spiro atoms. The van der Waals surface area contributed by atoms with Gasteiger partial charge in [-0.15, -0.1) is 11.8 Å². The van der Waals surface area contributed by atoms with Gasteiger partial charge in [0.05, 0.1) is 0 Å². The summed E-state index contributed by atoms with van der Waals surface area (Å²) in [6.45, 7) is 1.92. The van der Waals surface area contributed by atoms with E-state index >= 15 is 0 Å². The summed E-state index contributed by atoms with van der Waals surface area (Å²) >= 11 is 0.557. The number of carbonyl (C=O) groups excluding carboxylic acids is 3. The lowest BCUT2D eigenvalue weighted by atomic mass is 9.86. The van der Waals surface area contributed by atoms with Crippen molar-refractivity contribution in [3.8, 4) is 0 Å². The van der Waals surface area contributed by atoms with Crippen LogP contribution in [0.3, 0.4) is 0 Å². The predicted octanol–water partition coefficient (Wildman–Crippen LogP) is -0.627. The molecule has 0 aromatic heterocycles. The van der Waals surface area contributed by atoms with Crippen LogP contribution >= 0.6 is 11.8 Å². The number of carbonyl (C=O) groups is 5. The number of rotatable bonds is 6. The number of hydrogen-bond donors (Lipinski definition) is 2. The van der Waals surface area contributed by atoms with Gasteiger partial charge in [0.15, 0.2) is 28.0 Å². The van der Waals surface area contributed by atoms with E-state index in [9.17, 15) is 24.0 Å². The molecule has 1 rings (SSSR count). The Bertz CT molecular complexity index is 455. The van der Waals surface area contributed by atoms with Crippen molar-refractivity contribution in [3.63, 3.8) is 0 Å². The summed E-state index contributed by atoms with van der Waals surface area (Å²) in [5.74, 6) is -7.89. The number of carboxylic acids is 2. The molecule has 0 saturated carbocycles. The largest absolute Gasteiger partial charge is 0.480 e. The van der Waals surface area contributed by atoms with Gasteiger partial charge in [-0.25, -0.2) is 0 Å². The minimum atomic E-state index is -1.99. The number of hydrogen-bond acceptors (Lipinski definition) is 6. The van der Waals surface area contributed by atoms with Crippen LogP contribution in [0.15, 0.2) is 0 Å². The van der Waals surface area contributed by atoms with Crippen LogP contribution in [0.25, 0.3) is 0 Å². The minimum absolute atomic E-state index is 0.557. The van der Waals surface area contributed by atoms with Crippen molar-refractivity contribution >= 4 is 41.1 Å². The van der Waals surface area contributed by atoms with Crippen molar-refractivity contribution in [1.29, 1.82) is 0 Å². The molecule has 1 aliphatic rings. The molecule has 2 N–H and O–H groups in total. The molecule has 18 heavy (non-hydrogen) atoms. The molecule has 1 saturated heterocycles. The first kappa shape index (κ1) is 14.4. The molecule has 98 valence electrons. The van der Waals surface area contributed by atoms with Crippen LogP contribution in [0.2, 0.25) is 0 Å². The Morgan fingerprint density at radius 2 is 1.61 bits per heavy atom. The summed E-state index contributed by atoms with van der Waals surface area (Å²) in [7, 11) is 0. The highest BCUT2D eigenvalue weighted by Gasteiger charge is 2.70. The molecule has 7 nitrogen and oxygen atoms in total. The van der Waals surface area contributed by atoms with Crippen molar-refractivity contribution in [2.75, 3.05) is 0 Å². The Morgan fingerprint density at radius 3 is 1.83 bits per heavy atom. The van der Waals surface area contributed by atoms with Crippen molar-refractivity contribution in [1.82, 2.24) is 0 Å². The highest BCUT2D eigenvalue weighted by Crippen LogP contribution is 2.56. The Kier molecular flexibility index (Phi) is 3.61. The van der Waals surface area contributed by atoms with E-state index in [1.807, 2.05) is 0 Å². The Morgan fingerprint density at radius 1 is 1.11 bits per heavy atom. The van der Waals surface area contributed by atoms with E-state index in [0.29, 0.717) is 11.8 Å². The monoisotopic (exact) mass is 274 g/mol. The standard InChI is InChI=1S/C10H10O7S/c1-3(11)5(8(14)15)6(13)10(4(2)12)7(18-10)9(16)17/h5,7H,1-2H3,(H,14,15)(H,16,17). The third-order valence-corrected chi connectivity index (χ3v) is 4.28. The predicted molar refractivity (Wildman–Crippen MR) is 59.2 cm³/mol. The van der Waals surface area contributed by atoms with Gasteiger partial charge < -0.3 is 10.2 Å². The van der Waals surface area contributed by atoms with Gasteiger partial charge >= 0.3 is 11.9 Å². The van der Waals surface area contributed by atoms with Gasteiger partial charge in [-0.1, -0.05) is 0 Å². The third kappa shape index (κ3) is 2.03. The molecule has 1 heterocycles. The maximum atomic E-state index is 12.0. The molecule has 3 atom stereocenters. The number of ketones is 3. The topological polar surface area (TPSA) is 126 Å². The zero-order valence-corrected chi connectivity index (χ0v) is 10.3. The zero-order valence-electron chi connectivity index (χ0n) is 9.50. The van der Waals surface area contributed by atoms with Gasteiger partial charge in [0.2, 0.25) is 0 Å². The van der Waals surface area contributed by atoms with Crippen LogP contribution in [0, 0.1) is 5.92 Å². The SMILES string of the molecule is CC(=O)C(C(=O)O)C(=O)C1(C(C)=O)SC1C(=O)O. The Labute approximate surface area is 106 Å². The summed E-state index contributed by atoms with van der Waals surface area (Å²) in [6.07, 6.45) is 0. The Hall–Kier alpha value is -1.70. The maximum Gasteiger partial charge on any atom is 0.321 e. The molecular weight excluding hydrogens is 264 g/mol. The molecule has 1 fully saturated rings. The van der Waals surface area contributed by atoms with Gasteiger partial charge in [0, 0.05) is 0 Å². The number of aliphatic carboxylic acids is 2. The van der Waals surface area contributed by atoms with Gasteiger partial charge in [-0.05, 0) is 13.8 Å². The fraction of sp³-hybridized carbons (Fsp3) is 0.500. The summed E-state index contributed by atoms with van der Waals surface area (Å²) in [6, 6.07) is 0. The zero-order chi connectivity index (χ0) is 14.2. The summed E-state index contributed by atoms with van der Waals surface area (Å²) < 4.78 is -1.93. The molecule has 8 heteroatoms. The van der Waals surface area contributed by atoms with Crippen LogP contribution in [-0.4, -0.2) is 49.5 Å². The van der Waals surface area contributed by atoms with Crippen LogP contribution < -0.4 is 0 Å². The van der Waals surface area contributed by atoms with E-state index in [-0.39, 0.29) is 0 Å². The van der Waals surface area contributed by atoms with Gasteiger partial charge in [0.1, 0.15) is 5.25 Å². The van der Waals surface area contributed by atoms with E-state index in [1.165, 1.54) is 0 Å². The lowest BCUT2D eigenvalue weighted by molar-refractivity contribution is -0.151. The second-order valence-corrected chi connectivity index (χ2v) is 5.23. The van der Waals surface area contributed by atoms with Crippen molar-refractivity contribution in [2.24, 2.45) is 5.92 Å². The summed E-state index contributed by atoms with van der Waals surface area (Å²) in [5.41, 5.74) is 0. The van der Waals surface area contributed by atoms with Gasteiger partial charge in [-0.2, -0.15) is 0 Å². The van der Waals surface area contributed by atoms with E-state index in [4.69, 9.17) is 10.2 Å².